The van der Waals surface area contributed by atoms with Crippen LogP contribution in [-0.2, 0) is 13.0 Å². The Morgan fingerprint density at radius 3 is 2.50 bits per heavy atom. The Labute approximate surface area is 97.0 Å². The van der Waals surface area contributed by atoms with Crippen molar-refractivity contribution in [3.05, 3.63) is 11.7 Å². The van der Waals surface area contributed by atoms with E-state index in [2.05, 4.69) is 30.9 Å². The zero-order chi connectivity index (χ0) is 12.3. The summed E-state index contributed by atoms with van der Waals surface area (Å²) >= 11 is 0. The molecule has 92 valence electrons. The molecule has 1 atom stereocenters. The molecule has 0 aliphatic heterocycles. The van der Waals surface area contributed by atoms with Crippen LogP contribution in [0.3, 0.4) is 0 Å². The van der Waals surface area contributed by atoms with Crippen LogP contribution in [0.5, 0.6) is 0 Å². The maximum atomic E-state index is 6.06. The number of nitrogens with two attached hydrogens (primary N) is 1. The first-order chi connectivity index (χ1) is 7.29. The lowest BCUT2D eigenvalue weighted by Crippen LogP contribution is -2.37. The molecule has 1 aromatic heterocycles. The van der Waals surface area contributed by atoms with Crippen molar-refractivity contribution in [2.75, 3.05) is 14.1 Å². The summed E-state index contributed by atoms with van der Waals surface area (Å²) in [7, 11) is 3.94. The van der Waals surface area contributed by atoms with Crippen molar-refractivity contribution in [1.82, 2.24) is 15.0 Å². The third-order valence-electron chi connectivity index (χ3n) is 2.47. The van der Waals surface area contributed by atoms with Crippen LogP contribution >= 0.6 is 0 Å². The van der Waals surface area contributed by atoms with Crippen LogP contribution in [0, 0.1) is 5.41 Å². The van der Waals surface area contributed by atoms with Crippen LogP contribution in [0.4, 0.5) is 0 Å². The molecule has 1 rings (SSSR count). The lowest BCUT2D eigenvalue weighted by molar-refractivity contribution is 0.284. The normalized spacial score (nSPS) is 14.4. The topological polar surface area (TPSA) is 68.2 Å². The molecule has 0 bridgehead atoms. The molecule has 0 fully saturated rings. The first-order valence-corrected chi connectivity index (χ1v) is 5.51. The van der Waals surface area contributed by atoms with Crippen molar-refractivity contribution in [3.63, 3.8) is 0 Å². The van der Waals surface area contributed by atoms with Crippen LogP contribution in [0.25, 0.3) is 0 Å². The SMILES string of the molecule is CN(C)Cc1noc(CC(N)C(C)(C)C)n1. The highest BCUT2D eigenvalue weighted by molar-refractivity contribution is 4.91. The van der Waals surface area contributed by atoms with Crippen LogP contribution in [-0.4, -0.2) is 35.2 Å². The van der Waals surface area contributed by atoms with Crippen LogP contribution < -0.4 is 5.73 Å². The van der Waals surface area contributed by atoms with Crippen molar-refractivity contribution >= 4 is 0 Å². The van der Waals surface area contributed by atoms with E-state index in [1.165, 1.54) is 0 Å². The minimum Gasteiger partial charge on any atom is -0.339 e. The van der Waals surface area contributed by atoms with Crippen molar-refractivity contribution < 1.29 is 4.52 Å². The van der Waals surface area contributed by atoms with Crippen molar-refractivity contribution in [2.24, 2.45) is 11.1 Å². The molecule has 0 saturated carbocycles. The lowest BCUT2D eigenvalue weighted by atomic mass is 9.85. The van der Waals surface area contributed by atoms with Gasteiger partial charge in [0.2, 0.25) is 5.89 Å². The molecule has 1 heterocycles. The third-order valence-corrected chi connectivity index (χ3v) is 2.47. The van der Waals surface area contributed by atoms with Crippen molar-refractivity contribution in [3.8, 4) is 0 Å². The zero-order valence-corrected chi connectivity index (χ0v) is 10.8. The van der Waals surface area contributed by atoms with Gasteiger partial charge in [0.1, 0.15) is 0 Å². The van der Waals surface area contributed by atoms with Gasteiger partial charge >= 0.3 is 0 Å². The van der Waals surface area contributed by atoms with Gasteiger partial charge in [-0.3, -0.25) is 0 Å². The fraction of sp³-hybridized carbons (Fsp3) is 0.818. The average molecular weight is 226 g/mol. The highest BCUT2D eigenvalue weighted by Gasteiger charge is 2.23. The van der Waals surface area contributed by atoms with Gasteiger partial charge in [0.25, 0.3) is 0 Å². The van der Waals surface area contributed by atoms with E-state index in [4.69, 9.17) is 10.3 Å². The highest BCUT2D eigenvalue weighted by atomic mass is 16.5. The number of nitrogens with zero attached hydrogens (tertiary/aromatic N) is 3. The lowest BCUT2D eigenvalue weighted by Gasteiger charge is -2.25. The number of hydrogen-bond donors (Lipinski definition) is 1. The summed E-state index contributed by atoms with van der Waals surface area (Å²) in [5, 5.41) is 3.91. The third kappa shape index (κ3) is 3.90. The second-order valence-corrected chi connectivity index (χ2v) is 5.52. The Bertz CT molecular complexity index is 327. The van der Waals surface area contributed by atoms with E-state index in [-0.39, 0.29) is 11.5 Å². The maximum Gasteiger partial charge on any atom is 0.228 e. The van der Waals surface area contributed by atoms with E-state index < -0.39 is 0 Å². The molecule has 2 N–H and O–H groups in total. The molecular formula is C11H22N4O. The molecule has 0 amide bonds. The standard InChI is InChI=1S/C11H22N4O/c1-11(2,3)8(12)6-10-13-9(14-16-10)7-15(4)5/h8H,6-7,12H2,1-5H3. The molecule has 5 nitrogen and oxygen atoms in total. The predicted octanol–water partition coefficient (Wildman–Crippen LogP) is 1.05. The molecule has 0 aliphatic rings. The summed E-state index contributed by atoms with van der Waals surface area (Å²) < 4.78 is 5.16. The minimum atomic E-state index is 0.0279. The first kappa shape index (κ1) is 13.1. The highest BCUT2D eigenvalue weighted by Crippen LogP contribution is 2.20. The Hall–Kier alpha value is -0.940. The van der Waals surface area contributed by atoms with E-state index in [1.54, 1.807) is 0 Å². The second-order valence-electron chi connectivity index (χ2n) is 5.52. The van der Waals surface area contributed by atoms with Crippen LogP contribution in [0.1, 0.15) is 32.5 Å². The van der Waals surface area contributed by atoms with Gasteiger partial charge in [0.15, 0.2) is 5.82 Å². The van der Waals surface area contributed by atoms with Gasteiger partial charge in [-0.15, -0.1) is 0 Å². The Morgan fingerprint density at radius 1 is 1.38 bits per heavy atom. The molecular weight excluding hydrogens is 204 g/mol. The Morgan fingerprint density at radius 2 is 2.00 bits per heavy atom. The average Bonchev–Trinajstić information content (AvgIpc) is 2.49. The van der Waals surface area contributed by atoms with Crippen molar-refractivity contribution in [1.29, 1.82) is 0 Å². The maximum absolute atomic E-state index is 6.06. The molecule has 0 aliphatic carbocycles. The van der Waals surface area contributed by atoms with E-state index in [0.717, 1.165) is 0 Å². The molecule has 0 saturated heterocycles. The Kier molecular flexibility index (Phi) is 4.04. The van der Waals surface area contributed by atoms with E-state index in [0.29, 0.717) is 24.7 Å². The molecule has 16 heavy (non-hydrogen) atoms. The summed E-state index contributed by atoms with van der Waals surface area (Å²) in [5.74, 6) is 1.33. The van der Waals surface area contributed by atoms with Crippen LogP contribution in [0.15, 0.2) is 4.52 Å². The van der Waals surface area contributed by atoms with Gasteiger partial charge in [-0.1, -0.05) is 25.9 Å². The Balaban J connectivity index is 2.58. The monoisotopic (exact) mass is 226 g/mol. The summed E-state index contributed by atoms with van der Waals surface area (Å²) in [6, 6.07) is 0.0279. The van der Waals surface area contributed by atoms with Gasteiger partial charge in [-0.25, -0.2) is 0 Å². The zero-order valence-electron chi connectivity index (χ0n) is 10.8. The molecule has 1 aromatic rings. The summed E-state index contributed by atoms with van der Waals surface area (Å²) in [4.78, 5) is 6.30. The summed E-state index contributed by atoms with van der Waals surface area (Å²) in [6.45, 7) is 7.01. The second kappa shape index (κ2) is 4.93. The summed E-state index contributed by atoms with van der Waals surface area (Å²) in [6.07, 6.45) is 0.629. The smallest absolute Gasteiger partial charge is 0.228 e. The molecule has 1 unspecified atom stereocenters. The fourth-order valence-electron chi connectivity index (χ4n) is 1.21. The van der Waals surface area contributed by atoms with Crippen LogP contribution in [0.2, 0.25) is 0 Å². The first-order valence-electron chi connectivity index (χ1n) is 5.51. The van der Waals surface area contributed by atoms with Gasteiger partial charge in [-0.2, -0.15) is 4.98 Å². The number of rotatable bonds is 4. The van der Waals surface area contributed by atoms with Gasteiger partial charge in [0, 0.05) is 12.5 Å². The quantitative estimate of drug-likeness (QED) is 0.831. The largest absolute Gasteiger partial charge is 0.339 e. The van der Waals surface area contributed by atoms with Crippen molar-refractivity contribution in [2.45, 2.75) is 39.8 Å². The number of aromatic nitrogens is 2. The molecule has 5 heteroatoms. The van der Waals surface area contributed by atoms with E-state index in [1.807, 2.05) is 19.0 Å². The molecule has 0 spiro atoms. The van der Waals surface area contributed by atoms with Gasteiger partial charge in [0.05, 0.1) is 6.54 Å². The number of hydrogen-bond acceptors (Lipinski definition) is 5. The predicted molar refractivity (Wildman–Crippen MR) is 62.8 cm³/mol. The van der Waals surface area contributed by atoms with E-state index >= 15 is 0 Å². The molecule has 0 aromatic carbocycles. The fourth-order valence-corrected chi connectivity index (χ4v) is 1.21. The molecule has 0 radical (unpaired) electrons. The van der Waals surface area contributed by atoms with Gasteiger partial charge < -0.3 is 15.2 Å². The van der Waals surface area contributed by atoms with Gasteiger partial charge in [-0.05, 0) is 19.5 Å². The summed E-state index contributed by atoms with van der Waals surface area (Å²) in [5.41, 5.74) is 6.11. The van der Waals surface area contributed by atoms with E-state index in [9.17, 15) is 0 Å². The minimum absolute atomic E-state index is 0.0279.